The summed E-state index contributed by atoms with van der Waals surface area (Å²) in [6.07, 6.45) is 0. The molecule has 21 heavy (non-hydrogen) atoms. The summed E-state index contributed by atoms with van der Waals surface area (Å²) in [5.74, 6) is -0.742. The molecule has 0 aliphatic rings. The van der Waals surface area contributed by atoms with E-state index >= 15 is 0 Å². The van der Waals surface area contributed by atoms with Gasteiger partial charge in [0.2, 0.25) is 0 Å². The standard InChI is InChI=1S/C16H16ClF2NO/c1-2-20-9-11-4-6-16(15(19)8-11)21-10-12-3-5-14(18)13(17)7-12/h3-8,20H,2,9-10H2,1H3. The molecule has 0 unspecified atom stereocenters. The first-order valence-corrected chi connectivity index (χ1v) is 7.04. The smallest absolute Gasteiger partial charge is 0.165 e. The second-order valence-electron chi connectivity index (χ2n) is 4.58. The van der Waals surface area contributed by atoms with Crippen molar-refractivity contribution in [1.29, 1.82) is 0 Å². The molecule has 0 aromatic heterocycles. The molecule has 2 nitrogen and oxygen atoms in total. The van der Waals surface area contributed by atoms with Gasteiger partial charge in [0, 0.05) is 6.54 Å². The van der Waals surface area contributed by atoms with Crippen LogP contribution < -0.4 is 10.1 Å². The van der Waals surface area contributed by atoms with Crippen LogP contribution in [0.4, 0.5) is 8.78 Å². The van der Waals surface area contributed by atoms with E-state index in [-0.39, 0.29) is 17.4 Å². The third-order valence-electron chi connectivity index (χ3n) is 2.95. The number of nitrogens with one attached hydrogen (secondary N) is 1. The molecule has 112 valence electrons. The summed E-state index contributed by atoms with van der Waals surface area (Å²) in [4.78, 5) is 0. The van der Waals surface area contributed by atoms with Crippen LogP contribution in [0.25, 0.3) is 0 Å². The molecule has 0 radical (unpaired) electrons. The van der Waals surface area contributed by atoms with Gasteiger partial charge in [0.1, 0.15) is 12.4 Å². The molecular formula is C16H16ClF2NO. The van der Waals surface area contributed by atoms with E-state index in [1.807, 2.05) is 6.92 Å². The maximum atomic E-state index is 13.9. The first-order valence-electron chi connectivity index (χ1n) is 6.66. The molecule has 0 saturated carbocycles. The van der Waals surface area contributed by atoms with E-state index in [0.29, 0.717) is 12.1 Å². The minimum Gasteiger partial charge on any atom is -0.486 e. The van der Waals surface area contributed by atoms with E-state index in [9.17, 15) is 8.78 Å². The van der Waals surface area contributed by atoms with E-state index in [1.165, 1.54) is 18.2 Å². The van der Waals surface area contributed by atoms with Gasteiger partial charge < -0.3 is 10.1 Å². The van der Waals surface area contributed by atoms with Crippen LogP contribution in [0, 0.1) is 11.6 Å². The number of ether oxygens (including phenoxy) is 1. The van der Waals surface area contributed by atoms with Crippen molar-refractivity contribution in [3.05, 3.63) is 64.2 Å². The van der Waals surface area contributed by atoms with Crippen LogP contribution in [0.5, 0.6) is 5.75 Å². The zero-order valence-electron chi connectivity index (χ0n) is 11.6. The Balaban J connectivity index is 2.01. The summed E-state index contributed by atoms with van der Waals surface area (Å²) in [7, 11) is 0. The summed E-state index contributed by atoms with van der Waals surface area (Å²) < 4.78 is 32.3. The van der Waals surface area contributed by atoms with Gasteiger partial charge in [-0.15, -0.1) is 0 Å². The van der Waals surface area contributed by atoms with Crippen molar-refractivity contribution >= 4 is 11.6 Å². The van der Waals surface area contributed by atoms with Gasteiger partial charge in [0.05, 0.1) is 5.02 Å². The summed E-state index contributed by atoms with van der Waals surface area (Å²) in [6, 6.07) is 9.12. The van der Waals surface area contributed by atoms with Crippen LogP contribution in [-0.4, -0.2) is 6.54 Å². The zero-order chi connectivity index (χ0) is 15.2. The highest BCUT2D eigenvalue weighted by molar-refractivity contribution is 6.30. The largest absolute Gasteiger partial charge is 0.486 e. The first-order chi connectivity index (χ1) is 10.1. The SMILES string of the molecule is CCNCc1ccc(OCc2ccc(F)c(Cl)c2)c(F)c1. The highest BCUT2D eigenvalue weighted by Gasteiger charge is 2.06. The Labute approximate surface area is 127 Å². The van der Waals surface area contributed by atoms with Crippen molar-refractivity contribution in [2.24, 2.45) is 0 Å². The monoisotopic (exact) mass is 311 g/mol. The summed E-state index contributed by atoms with van der Waals surface area (Å²) in [6.45, 7) is 3.55. The van der Waals surface area contributed by atoms with Crippen LogP contribution >= 0.6 is 11.6 Å². The van der Waals surface area contributed by atoms with Crippen molar-refractivity contribution < 1.29 is 13.5 Å². The van der Waals surface area contributed by atoms with E-state index in [4.69, 9.17) is 16.3 Å². The van der Waals surface area contributed by atoms with Crippen LogP contribution in [0.1, 0.15) is 18.1 Å². The molecule has 2 rings (SSSR count). The average molecular weight is 312 g/mol. The molecule has 0 spiro atoms. The average Bonchev–Trinajstić information content (AvgIpc) is 2.47. The molecular weight excluding hydrogens is 296 g/mol. The highest BCUT2D eigenvalue weighted by atomic mass is 35.5. The minimum absolute atomic E-state index is 0.0255. The molecule has 0 heterocycles. The quantitative estimate of drug-likeness (QED) is 0.858. The minimum atomic E-state index is -0.487. The Bertz CT molecular complexity index is 619. The number of hydrogen-bond donors (Lipinski definition) is 1. The van der Waals surface area contributed by atoms with Crippen molar-refractivity contribution in [3.8, 4) is 5.75 Å². The van der Waals surface area contributed by atoms with Gasteiger partial charge in [-0.2, -0.15) is 0 Å². The van der Waals surface area contributed by atoms with Crippen LogP contribution in [-0.2, 0) is 13.2 Å². The highest BCUT2D eigenvalue weighted by Crippen LogP contribution is 2.21. The topological polar surface area (TPSA) is 21.3 Å². The number of hydrogen-bond acceptors (Lipinski definition) is 2. The third-order valence-corrected chi connectivity index (χ3v) is 3.24. The van der Waals surface area contributed by atoms with Crippen molar-refractivity contribution in [2.45, 2.75) is 20.1 Å². The van der Waals surface area contributed by atoms with Gasteiger partial charge in [-0.1, -0.05) is 30.7 Å². The zero-order valence-corrected chi connectivity index (χ0v) is 12.4. The maximum absolute atomic E-state index is 13.9. The normalized spacial score (nSPS) is 10.7. The van der Waals surface area contributed by atoms with Gasteiger partial charge in [-0.3, -0.25) is 0 Å². The molecule has 2 aromatic rings. The number of halogens is 3. The Kier molecular flexibility index (Phi) is 5.53. The fraction of sp³-hybridized carbons (Fsp3) is 0.250. The van der Waals surface area contributed by atoms with Crippen LogP contribution in [0.2, 0.25) is 5.02 Å². The fourth-order valence-corrected chi connectivity index (χ4v) is 2.03. The fourth-order valence-electron chi connectivity index (χ4n) is 1.83. The van der Waals surface area contributed by atoms with Gasteiger partial charge in [0.15, 0.2) is 11.6 Å². The molecule has 5 heteroatoms. The molecule has 0 amide bonds. The van der Waals surface area contributed by atoms with Gasteiger partial charge >= 0.3 is 0 Å². The van der Waals surface area contributed by atoms with Crippen LogP contribution in [0.3, 0.4) is 0 Å². The molecule has 0 atom stereocenters. The number of benzene rings is 2. The van der Waals surface area contributed by atoms with Crippen molar-refractivity contribution in [3.63, 3.8) is 0 Å². The molecule has 0 fully saturated rings. The summed E-state index contributed by atoms with van der Waals surface area (Å²) >= 11 is 5.68. The third kappa shape index (κ3) is 4.41. The van der Waals surface area contributed by atoms with E-state index in [2.05, 4.69) is 5.32 Å². The molecule has 0 aliphatic heterocycles. The molecule has 1 N–H and O–H groups in total. The summed E-state index contributed by atoms with van der Waals surface area (Å²) in [5, 5.41) is 3.15. The predicted octanol–water partition coefficient (Wildman–Crippen LogP) is 4.31. The number of rotatable bonds is 6. The van der Waals surface area contributed by atoms with E-state index < -0.39 is 11.6 Å². The van der Waals surface area contributed by atoms with Gasteiger partial charge in [0.25, 0.3) is 0 Å². The Morgan fingerprint density at radius 1 is 1.05 bits per heavy atom. The van der Waals surface area contributed by atoms with E-state index in [1.54, 1.807) is 18.2 Å². The first kappa shape index (κ1) is 15.7. The van der Waals surface area contributed by atoms with Crippen molar-refractivity contribution in [1.82, 2.24) is 5.32 Å². The summed E-state index contributed by atoms with van der Waals surface area (Å²) in [5.41, 5.74) is 1.53. The van der Waals surface area contributed by atoms with Crippen molar-refractivity contribution in [2.75, 3.05) is 6.54 Å². The predicted molar refractivity (Wildman–Crippen MR) is 79.5 cm³/mol. The lowest BCUT2D eigenvalue weighted by Gasteiger charge is -2.09. The lowest BCUT2D eigenvalue weighted by Crippen LogP contribution is -2.11. The van der Waals surface area contributed by atoms with Gasteiger partial charge in [-0.25, -0.2) is 8.78 Å². The Hall–Kier alpha value is -1.65. The Morgan fingerprint density at radius 3 is 2.48 bits per heavy atom. The lowest BCUT2D eigenvalue weighted by molar-refractivity contribution is 0.290. The molecule has 0 saturated heterocycles. The lowest BCUT2D eigenvalue weighted by atomic mass is 10.2. The Morgan fingerprint density at radius 2 is 1.81 bits per heavy atom. The van der Waals surface area contributed by atoms with Gasteiger partial charge in [-0.05, 0) is 41.9 Å². The van der Waals surface area contributed by atoms with E-state index in [0.717, 1.165) is 12.1 Å². The second-order valence-corrected chi connectivity index (χ2v) is 4.99. The molecule has 0 aliphatic carbocycles. The maximum Gasteiger partial charge on any atom is 0.165 e. The second kappa shape index (κ2) is 7.38. The molecule has 2 aromatic carbocycles. The molecule has 0 bridgehead atoms. The van der Waals surface area contributed by atoms with Crippen LogP contribution in [0.15, 0.2) is 36.4 Å².